The number of hydrogen-bond acceptors (Lipinski definition) is 4. The maximum Gasteiger partial charge on any atom is 0.341 e. The van der Waals surface area contributed by atoms with Crippen LogP contribution in [-0.2, 0) is 4.74 Å². The number of ether oxygens (including phenoxy) is 2. The lowest BCUT2D eigenvalue weighted by molar-refractivity contribution is 0.0594. The van der Waals surface area contributed by atoms with Crippen molar-refractivity contribution in [3.63, 3.8) is 0 Å². The summed E-state index contributed by atoms with van der Waals surface area (Å²) in [5.74, 6) is 0.0454. The highest BCUT2D eigenvalue weighted by atomic mass is 16.5. The van der Waals surface area contributed by atoms with Crippen molar-refractivity contribution < 1.29 is 14.3 Å². The van der Waals surface area contributed by atoms with Crippen molar-refractivity contribution in [1.29, 1.82) is 0 Å². The molecule has 0 aliphatic carbocycles. The van der Waals surface area contributed by atoms with Gasteiger partial charge in [-0.3, -0.25) is 0 Å². The lowest BCUT2D eigenvalue weighted by atomic mass is 10.2. The summed E-state index contributed by atoms with van der Waals surface area (Å²) in [6.07, 6.45) is -0.00275. The Labute approximate surface area is 89.0 Å². The zero-order valence-corrected chi connectivity index (χ0v) is 9.11. The highest BCUT2D eigenvalue weighted by molar-refractivity contribution is 5.93. The number of nitrogens with two attached hydrogens (primary N) is 1. The topological polar surface area (TPSA) is 61.5 Å². The fourth-order valence-corrected chi connectivity index (χ4v) is 1.17. The van der Waals surface area contributed by atoms with Gasteiger partial charge < -0.3 is 15.2 Å². The Morgan fingerprint density at radius 3 is 2.60 bits per heavy atom. The van der Waals surface area contributed by atoms with Gasteiger partial charge in [-0.15, -0.1) is 0 Å². The monoisotopic (exact) mass is 209 g/mol. The predicted octanol–water partition coefficient (Wildman–Crippen LogP) is 1.84. The molecular formula is C11H15NO3. The molecule has 0 fully saturated rings. The first-order chi connectivity index (χ1) is 7.04. The molecule has 0 saturated carbocycles. The minimum atomic E-state index is -0.446. The average molecular weight is 209 g/mol. The van der Waals surface area contributed by atoms with Crippen molar-refractivity contribution in [3.05, 3.63) is 23.8 Å². The zero-order chi connectivity index (χ0) is 11.4. The summed E-state index contributed by atoms with van der Waals surface area (Å²) in [6.45, 7) is 3.77. The summed E-state index contributed by atoms with van der Waals surface area (Å²) in [5.41, 5.74) is 6.45. The van der Waals surface area contributed by atoms with Gasteiger partial charge in [-0.1, -0.05) is 0 Å². The molecule has 0 amide bonds. The Bertz CT molecular complexity index is 361. The van der Waals surface area contributed by atoms with Crippen LogP contribution in [0.1, 0.15) is 24.2 Å². The molecule has 4 nitrogen and oxygen atoms in total. The third-order valence-corrected chi connectivity index (χ3v) is 1.77. The maximum absolute atomic E-state index is 11.4. The predicted molar refractivity (Wildman–Crippen MR) is 58.0 cm³/mol. The number of carbonyl (C=O) groups excluding carboxylic acids is 1. The number of rotatable bonds is 3. The second kappa shape index (κ2) is 4.68. The van der Waals surface area contributed by atoms with Gasteiger partial charge in [-0.2, -0.15) is 0 Å². The smallest absolute Gasteiger partial charge is 0.341 e. The van der Waals surface area contributed by atoms with Crippen LogP contribution in [0, 0.1) is 0 Å². The van der Waals surface area contributed by atoms with E-state index in [0.717, 1.165) is 0 Å². The van der Waals surface area contributed by atoms with Crippen molar-refractivity contribution in [2.75, 3.05) is 12.8 Å². The second-order valence-electron chi connectivity index (χ2n) is 3.41. The standard InChI is InChI=1S/C11H15NO3/c1-7(2)15-10-5-4-8(12)6-9(10)11(13)14-3/h4-7H,12H2,1-3H3. The van der Waals surface area contributed by atoms with E-state index in [9.17, 15) is 4.79 Å². The van der Waals surface area contributed by atoms with Crippen LogP contribution in [0.4, 0.5) is 5.69 Å². The molecule has 0 atom stereocenters. The Balaban J connectivity index is 3.08. The van der Waals surface area contributed by atoms with E-state index in [-0.39, 0.29) is 6.10 Å². The first kappa shape index (κ1) is 11.4. The van der Waals surface area contributed by atoms with Gasteiger partial charge >= 0.3 is 5.97 Å². The zero-order valence-electron chi connectivity index (χ0n) is 9.11. The van der Waals surface area contributed by atoms with E-state index in [0.29, 0.717) is 17.0 Å². The molecule has 0 aliphatic rings. The molecule has 0 heterocycles. The van der Waals surface area contributed by atoms with Crippen LogP contribution in [0.15, 0.2) is 18.2 Å². The molecule has 0 radical (unpaired) electrons. The highest BCUT2D eigenvalue weighted by Crippen LogP contribution is 2.23. The molecule has 1 aromatic rings. The molecule has 1 rings (SSSR count). The fourth-order valence-electron chi connectivity index (χ4n) is 1.17. The molecule has 0 unspecified atom stereocenters. The van der Waals surface area contributed by atoms with Gasteiger partial charge in [0.25, 0.3) is 0 Å². The maximum atomic E-state index is 11.4. The molecule has 0 spiro atoms. The summed E-state index contributed by atoms with van der Waals surface area (Å²) >= 11 is 0. The molecule has 4 heteroatoms. The highest BCUT2D eigenvalue weighted by Gasteiger charge is 2.14. The molecule has 82 valence electrons. The van der Waals surface area contributed by atoms with Crippen LogP contribution >= 0.6 is 0 Å². The normalized spacial score (nSPS) is 10.1. The van der Waals surface area contributed by atoms with Crippen molar-refractivity contribution in [2.45, 2.75) is 20.0 Å². The van der Waals surface area contributed by atoms with Gasteiger partial charge in [-0.25, -0.2) is 4.79 Å². The van der Waals surface area contributed by atoms with E-state index in [2.05, 4.69) is 4.74 Å². The number of anilines is 1. The lowest BCUT2D eigenvalue weighted by Crippen LogP contribution is -2.11. The molecule has 15 heavy (non-hydrogen) atoms. The van der Waals surface area contributed by atoms with Gasteiger partial charge in [0.1, 0.15) is 11.3 Å². The minimum Gasteiger partial charge on any atom is -0.490 e. The number of hydrogen-bond donors (Lipinski definition) is 1. The van der Waals surface area contributed by atoms with Crippen LogP contribution in [0.5, 0.6) is 5.75 Å². The van der Waals surface area contributed by atoms with E-state index >= 15 is 0 Å². The second-order valence-corrected chi connectivity index (χ2v) is 3.41. The molecule has 0 aromatic heterocycles. The van der Waals surface area contributed by atoms with Crippen LogP contribution in [0.3, 0.4) is 0 Å². The molecule has 0 aliphatic heterocycles. The number of methoxy groups -OCH3 is 1. The molecule has 2 N–H and O–H groups in total. The van der Waals surface area contributed by atoms with E-state index in [1.807, 2.05) is 13.8 Å². The summed E-state index contributed by atoms with van der Waals surface area (Å²) in [4.78, 5) is 11.4. The van der Waals surface area contributed by atoms with Gasteiger partial charge in [-0.05, 0) is 32.0 Å². The molecule has 1 aromatic carbocycles. The Hall–Kier alpha value is -1.71. The van der Waals surface area contributed by atoms with Crippen molar-refractivity contribution in [3.8, 4) is 5.75 Å². The number of carbonyl (C=O) groups is 1. The largest absolute Gasteiger partial charge is 0.490 e. The number of nitrogen functional groups attached to an aromatic ring is 1. The summed E-state index contributed by atoms with van der Waals surface area (Å²) in [5, 5.41) is 0. The van der Waals surface area contributed by atoms with Gasteiger partial charge in [0, 0.05) is 5.69 Å². The first-order valence-corrected chi connectivity index (χ1v) is 4.69. The van der Waals surface area contributed by atoms with Crippen molar-refractivity contribution >= 4 is 11.7 Å². The van der Waals surface area contributed by atoms with Crippen molar-refractivity contribution in [1.82, 2.24) is 0 Å². The SMILES string of the molecule is COC(=O)c1cc(N)ccc1OC(C)C. The Morgan fingerprint density at radius 1 is 1.40 bits per heavy atom. The Morgan fingerprint density at radius 2 is 2.07 bits per heavy atom. The van der Waals surface area contributed by atoms with E-state index < -0.39 is 5.97 Å². The Kier molecular flexibility index (Phi) is 3.55. The van der Waals surface area contributed by atoms with E-state index in [4.69, 9.17) is 10.5 Å². The number of esters is 1. The van der Waals surface area contributed by atoms with Crippen LogP contribution < -0.4 is 10.5 Å². The molecule has 0 bridgehead atoms. The first-order valence-electron chi connectivity index (χ1n) is 4.69. The van der Waals surface area contributed by atoms with Gasteiger partial charge in [0.15, 0.2) is 0 Å². The minimum absolute atomic E-state index is 0.00275. The van der Waals surface area contributed by atoms with Crippen LogP contribution in [-0.4, -0.2) is 19.2 Å². The summed E-state index contributed by atoms with van der Waals surface area (Å²) < 4.78 is 10.1. The van der Waals surface area contributed by atoms with Crippen LogP contribution in [0.2, 0.25) is 0 Å². The van der Waals surface area contributed by atoms with Gasteiger partial charge in [0.05, 0.1) is 13.2 Å². The van der Waals surface area contributed by atoms with Gasteiger partial charge in [0.2, 0.25) is 0 Å². The lowest BCUT2D eigenvalue weighted by Gasteiger charge is -2.13. The van der Waals surface area contributed by atoms with E-state index in [1.165, 1.54) is 7.11 Å². The summed E-state index contributed by atoms with van der Waals surface area (Å²) in [6, 6.07) is 4.90. The third-order valence-electron chi connectivity index (χ3n) is 1.77. The third kappa shape index (κ3) is 2.87. The van der Waals surface area contributed by atoms with E-state index in [1.54, 1.807) is 18.2 Å². The quantitative estimate of drug-likeness (QED) is 0.609. The average Bonchev–Trinajstić information content (AvgIpc) is 2.19. The van der Waals surface area contributed by atoms with Crippen LogP contribution in [0.25, 0.3) is 0 Å². The fraction of sp³-hybridized carbons (Fsp3) is 0.364. The molecular weight excluding hydrogens is 194 g/mol. The molecule has 0 saturated heterocycles. The summed E-state index contributed by atoms with van der Waals surface area (Å²) in [7, 11) is 1.32. The number of benzene rings is 1. The van der Waals surface area contributed by atoms with Crippen molar-refractivity contribution in [2.24, 2.45) is 0 Å².